The molecule has 2 rings (SSSR count). The first kappa shape index (κ1) is 16.0. The fourth-order valence-electron chi connectivity index (χ4n) is 1.98. The molecule has 4 atom stereocenters. The van der Waals surface area contributed by atoms with Crippen LogP contribution in [0.1, 0.15) is 6.23 Å². The molecule has 1 fully saturated rings. The van der Waals surface area contributed by atoms with Gasteiger partial charge in [0.25, 0.3) is 5.56 Å². The smallest absolute Gasteiger partial charge is 0.363 e. The number of aromatic amines is 1. The summed E-state index contributed by atoms with van der Waals surface area (Å²) in [6.45, 7) is -0.641. The molecule has 12 heteroatoms. The van der Waals surface area contributed by atoms with E-state index in [1.807, 2.05) is 0 Å². The summed E-state index contributed by atoms with van der Waals surface area (Å²) in [6.07, 6.45) is -5.26. The lowest BCUT2D eigenvalue weighted by Gasteiger charge is -2.18. The summed E-state index contributed by atoms with van der Waals surface area (Å²) in [7, 11) is -4.95. The summed E-state index contributed by atoms with van der Waals surface area (Å²) in [6, 6.07) is 0. The summed E-state index contributed by atoms with van der Waals surface area (Å²) >= 11 is 0. The molecule has 6 N–H and O–H groups in total. The predicted octanol–water partition coefficient (Wildman–Crippen LogP) is -4.05. The highest BCUT2D eigenvalue weighted by atomic mass is 31.2. The third kappa shape index (κ3) is 2.85. The predicted molar refractivity (Wildman–Crippen MR) is 66.0 cm³/mol. The van der Waals surface area contributed by atoms with E-state index in [1.165, 1.54) is 0 Å². The van der Waals surface area contributed by atoms with Crippen molar-refractivity contribution in [2.45, 2.75) is 24.5 Å². The van der Waals surface area contributed by atoms with Crippen molar-refractivity contribution >= 4 is 12.9 Å². The van der Waals surface area contributed by atoms with E-state index in [1.54, 1.807) is 4.98 Å². The molecule has 0 aromatic carbocycles. The molecule has 0 saturated carbocycles. The molecule has 1 aliphatic rings. The van der Waals surface area contributed by atoms with E-state index in [-0.39, 0.29) is 0 Å². The van der Waals surface area contributed by atoms with E-state index < -0.39 is 55.3 Å². The van der Waals surface area contributed by atoms with Gasteiger partial charge in [-0.05, 0) is 0 Å². The van der Waals surface area contributed by atoms with Gasteiger partial charge in [-0.25, -0.2) is 4.79 Å². The Morgan fingerprint density at radius 3 is 2.38 bits per heavy atom. The average Bonchev–Trinajstić information content (AvgIpc) is 2.65. The van der Waals surface area contributed by atoms with Crippen LogP contribution in [0.2, 0.25) is 0 Å². The molecule has 0 bridgehead atoms. The Morgan fingerprint density at radius 1 is 1.29 bits per heavy atom. The fourth-order valence-corrected chi connectivity index (χ4v) is 2.58. The van der Waals surface area contributed by atoms with Crippen molar-refractivity contribution < 1.29 is 34.4 Å². The van der Waals surface area contributed by atoms with Crippen LogP contribution in [-0.4, -0.2) is 59.6 Å². The van der Waals surface area contributed by atoms with Crippen molar-refractivity contribution in [3.8, 4) is 0 Å². The second kappa shape index (κ2) is 5.46. The van der Waals surface area contributed by atoms with Gasteiger partial charge >= 0.3 is 13.3 Å². The molecule has 0 amide bonds. The Balaban J connectivity index is 2.53. The van der Waals surface area contributed by atoms with Crippen LogP contribution in [0, 0.1) is 0 Å². The molecule has 1 aromatic heterocycles. The maximum Gasteiger partial charge on any atom is 0.363 e. The van der Waals surface area contributed by atoms with Crippen molar-refractivity contribution in [1.82, 2.24) is 9.55 Å². The number of H-pyrrole nitrogens is 1. The molecule has 2 heterocycles. The summed E-state index contributed by atoms with van der Waals surface area (Å²) in [5.74, 6) is 0. The van der Waals surface area contributed by atoms with E-state index >= 15 is 0 Å². The number of aromatic nitrogens is 2. The maximum absolute atomic E-state index is 11.7. The Hall–Kier alpha value is -1.33. The number of nitrogens with one attached hydrogen (secondary N) is 1. The third-order valence-electron chi connectivity index (χ3n) is 3.05. The normalized spacial score (nSPS) is 29.8. The number of rotatable bonds is 3. The van der Waals surface area contributed by atoms with Crippen LogP contribution in [0.15, 0.2) is 15.8 Å². The Kier molecular flexibility index (Phi) is 4.17. The zero-order valence-corrected chi connectivity index (χ0v) is 11.3. The second-order valence-corrected chi connectivity index (χ2v) is 6.02. The van der Waals surface area contributed by atoms with Crippen molar-refractivity contribution in [2.24, 2.45) is 0 Å². The minimum Gasteiger partial charge on any atom is -0.394 e. The molecule has 0 radical (unpaired) electrons. The van der Waals surface area contributed by atoms with Crippen LogP contribution < -0.4 is 16.6 Å². The van der Waals surface area contributed by atoms with Crippen LogP contribution >= 0.6 is 7.60 Å². The monoisotopic (exact) mass is 324 g/mol. The Labute approximate surface area is 116 Å². The van der Waals surface area contributed by atoms with Crippen LogP contribution in [0.3, 0.4) is 0 Å². The number of hydrogen-bond acceptors (Lipinski definition) is 7. The first-order chi connectivity index (χ1) is 9.66. The number of aliphatic hydroxyl groups is 3. The Bertz CT molecular complexity index is 691. The highest BCUT2D eigenvalue weighted by Crippen LogP contribution is 2.32. The van der Waals surface area contributed by atoms with Crippen LogP contribution in [-0.2, 0) is 9.30 Å². The van der Waals surface area contributed by atoms with Gasteiger partial charge in [-0.2, -0.15) is 0 Å². The standard InChI is InChI=1S/C9H13N2O9P/c12-2-3-5(13)6(14)8(20-3)11-1-4(21(17,18)19)7(15)10-9(11)16/h1,3,5-6,8,12-14H,2H2,(H,10,15,16)(H2,17,18,19)/t3-,5-,6-,8-/m0/s1. The molecular formula is C9H13N2O9P. The quantitative estimate of drug-likeness (QED) is 0.301. The number of hydrogen-bond donors (Lipinski definition) is 6. The molecule has 118 valence electrons. The van der Waals surface area contributed by atoms with Crippen LogP contribution in [0.25, 0.3) is 0 Å². The minimum absolute atomic E-state index is 0.541. The molecule has 0 aliphatic carbocycles. The van der Waals surface area contributed by atoms with Crippen LogP contribution in [0.4, 0.5) is 0 Å². The zero-order valence-electron chi connectivity index (χ0n) is 10.4. The molecule has 11 nitrogen and oxygen atoms in total. The average molecular weight is 324 g/mol. The summed E-state index contributed by atoms with van der Waals surface area (Å²) in [5.41, 5.74) is -2.36. The van der Waals surface area contributed by atoms with Gasteiger partial charge in [0.15, 0.2) is 6.23 Å². The van der Waals surface area contributed by atoms with E-state index in [4.69, 9.17) is 19.6 Å². The summed E-state index contributed by atoms with van der Waals surface area (Å²) in [5, 5.41) is 27.3. The largest absolute Gasteiger partial charge is 0.394 e. The lowest BCUT2D eigenvalue weighted by Crippen LogP contribution is -2.43. The van der Waals surface area contributed by atoms with E-state index in [2.05, 4.69) is 0 Å². The minimum atomic E-state index is -4.95. The first-order valence-electron chi connectivity index (χ1n) is 5.71. The van der Waals surface area contributed by atoms with Gasteiger partial charge in [0, 0.05) is 6.20 Å². The lowest BCUT2D eigenvalue weighted by molar-refractivity contribution is -0.0549. The van der Waals surface area contributed by atoms with Crippen molar-refractivity contribution in [2.75, 3.05) is 6.61 Å². The topological polar surface area (TPSA) is 182 Å². The molecule has 1 aromatic rings. The van der Waals surface area contributed by atoms with Gasteiger partial charge < -0.3 is 29.8 Å². The molecule has 1 saturated heterocycles. The molecule has 0 spiro atoms. The van der Waals surface area contributed by atoms with Crippen LogP contribution in [0.5, 0.6) is 0 Å². The lowest BCUT2D eigenvalue weighted by atomic mass is 10.1. The SMILES string of the molecule is O=c1[nH]c(=O)n([C@H]2O[C@@H](CO)[C@H](O)[C@@H]2O)cc1P(=O)(O)O. The summed E-state index contributed by atoms with van der Waals surface area (Å²) < 4.78 is 16.8. The molecule has 21 heavy (non-hydrogen) atoms. The molecule has 0 unspecified atom stereocenters. The van der Waals surface area contributed by atoms with Gasteiger partial charge in [-0.1, -0.05) is 0 Å². The molecule has 1 aliphatic heterocycles. The van der Waals surface area contributed by atoms with Gasteiger partial charge in [0.2, 0.25) is 0 Å². The van der Waals surface area contributed by atoms with Gasteiger partial charge in [-0.15, -0.1) is 0 Å². The highest BCUT2D eigenvalue weighted by Gasteiger charge is 2.44. The Morgan fingerprint density at radius 2 is 1.90 bits per heavy atom. The second-order valence-electron chi connectivity index (χ2n) is 4.45. The van der Waals surface area contributed by atoms with E-state index in [0.29, 0.717) is 10.8 Å². The third-order valence-corrected chi connectivity index (χ3v) is 4.00. The van der Waals surface area contributed by atoms with Gasteiger partial charge in [0.05, 0.1) is 6.61 Å². The number of nitrogens with zero attached hydrogens (tertiary/aromatic N) is 1. The number of ether oxygens (including phenoxy) is 1. The van der Waals surface area contributed by atoms with Crippen molar-refractivity contribution in [1.29, 1.82) is 0 Å². The first-order valence-corrected chi connectivity index (χ1v) is 7.32. The number of aliphatic hydroxyl groups excluding tert-OH is 3. The van der Waals surface area contributed by atoms with Crippen molar-refractivity contribution in [3.05, 3.63) is 27.0 Å². The van der Waals surface area contributed by atoms with E-state index in [0.717, 1.165) is 0 Å². The fraction of sp³-hybridized carbons (Fsp3) is 0.556. The maximum atomic E-state index is 11.7. The van der Waals surface area contributed by atoms with Crippen molar-refractivity contribution in [3.63, 3.8) is 0 Å². The molecular weight excluding hydrogens is 311 g/mol. The van der Waals surface area contributed by atoms with Gasteiger partial charge in [-0.3, -0.25) is 18.9 Å². The highest BCUT2D eigenvalue weighted by molar-refractivity contribution is 7.60. The van der Waals surface area contributed by atoms with E-state index in [9.17, 15) is 24.4 Å². The van der Waals surface area contributed by atoms with Gasteiger partial charge in [0.1, 0.15) is 23.6 Å². The zero-order chi connectivity index (χ0) is 15.9. The summed E-state index contributed by atoms with van der Waals surface area (Å²) in [4.78, 5) is 42.8.